The molecular weight excluding hydrogens is 406 g/mol. The maximum absolute atomic E-state index is 13.2. The van der Waals surface area contributed by atoms with E-state index in [1.807, 2.05) is 30.3 Å². The lowest BCUT2D eigenvalue weighted by Gasteiger charge is -2.14. The van der Waals surface area contributed by atoms with Crippen molar-refractivity contribution >= 4 is 22.8 Å². The highest BCUT2D eigenvalue weighted by Gasteiger charge is 2.19. The Morgan fingerprint density at radius 3 is 2.41 bits per heavy atom. The van der Waals surface area contributed by atoms with E-state index in [4.69, 9.17) is 14.2 Å². The van der Waals surface area contributed by atoms with Gasteiger partial charge in [0.2, 0.25) is 5.78 Å². The van der Waals surface area contributed by atoms with Crippen molar-refractivity contribution in [2.45, 2.75) is 6.61 Å². The van der Waals surface area contributed by atoms with Crippen molar-refractivity contribution in [1.29, 1.82) is 0 Å². The molecule has 6 nitrogen and oxygen atoms in total. The summed E-state index contributed by atoms with van der Waals surface area (Å²) in [5, 5.41) is 1.07. The molecule has 1 aromatic heterocycles. The van der Waals surface area contributed by atoms with E-state index in [9.17, 15) is 9.59 Å². The van der Waals surface area contributed by atoms with Gasteiger partial charge in [0.05, 0.1) is 14.2 Å². The number of aldehydes is 1. The molecule has 1 heterocycles. The molecule has 0 aliphatic heterocycles. The molecule has 0 fully saturated rings. The molecule has 0 amide bonds. The van der Waals surface area contributed by atoms with E-state index < -0.39 is 0 Å². The van der Waals surface area contributed by atoms with Gasteiger partial charge in [-0.2, -0.15) is 0 Å². The van der Waals surface area contributed by atoms with E-state index in [0.29, 0.717) is 52.0 Å². The molecule has 0 spiro atoms. The Morgan fingerprint density at radius 2 is 1.69 bits per heavy atom. The molecule has 0 N–H and O–H groups in total. The first-order chi connectivity index (χ1) is 15.6. The maximum atomic E-state index is 13.2. The van der Waals surface area contributed by atoms with Crippen molar-refractivity contribution in [1.82, 2.24) is 4.98 Å². The number of aromatic nitrogens is 1. The van der Waals surface area contributed by atoms with Crippen LogP contribution in [-0.2, 0) is 6.61 Å². The van der Waals surface area contributed by atoms with Crippen LogP contribution in [0.5, 0.6) is 17.2 Å². The van der Waals surface area contributed by atoms with Gasteiger partial charge < -0.3 is 14.2 Å². The van der Waals surface area contributed by atoms with Crippen LogP contribution in [0.4, 0.5) is 0 Å². The molecule has 4 rings (SSSR count). The second kappa shape index (κ2) is 9.31. The van der Waals surface area contributed by atoms with Crippen LogP contribution in [0.15, 0.2) is 72.9 Å². The van der Waals surface area contributed by atoms with Crippen molar-refractivity contribution in [2.24, 2.45) is 0 Å². The highest BCUT2D eigenvalue weighted by Crippen LogP contribution is 2.36. The quantitative estimate of drug-likeness (QED) is 0.295. The topological polar surface area (TPSA) is 74.7 Å². The fraction of sp³-hybridized carbons (Fsp3) is 0.115. The first-order valence-corrected chi connectivity index (χ1v) is 9.96. The zero-order valence-corrected chi connectivity index (χ0v) is 17.7. The summed E-state index contributed by atoms with van der Waals surface area (Å²) in [6.07, 6.45) is 2.11. The third-order valence-corrected chi connectivity index (χ3v) is 5.11. The highest BCUT2D eigenvalue weighted by atomic mass is 16.5. The van der Waals surface area contributed by atoms with E-state index in [-0.39, 0.29) is 11.5 Å². The van der Waals surface area contributed by atoms with Gasteiger partial charge in [0, 0.05) is 22.7 Å². The molecule has 4 aromatic rings. The smallest absolute Gasteiger partial charge is 0.212 e. The fourth-order valence-electron chi connectivity index (χ4n) is 3.45. The first-order valence-electron chi connectivity index (χ1n) is 9.96. The molecule has 32 heavy (non-hydrogen) atoms. The summed E-state index contributed by atoms with van der Waals surface area (Å²) in [5.41, 5.74) is 2.00. The number of hydrogen-bond acceptors (Lipinski definition) is 6. The Hall–Kier alpha value is -4.19. The van der Waals surface area contributed by atoms with Crippen molar-refractivity contribution < 1.29 is 23.8 Å². The summed E-state index contributed by atoms with van der Waals surface area (Å²) < 4.78 is 16.7. The van der Waals surface area contributed by atoms with Crippen molar-refractivity contribution in [3.8, 4) is 17.2 Å². The van der Waals surface area contributed by atoms with Gasteiger partial charge in [-0.05, 0) is 35.2 Å². The monoisotopic (exact) mass is 427 g/mol. The summed E-state index contributed by atoms with van der Waals surface area (Å²) in [5.74, 6) is 1.20. The van der Waals surface area contributed by atoms with Crippen LogP contribution in [0.2, 0.25) is 0 Å². The summed E-state index contributed by atoms with van der Waals surface area (Å²) in [4.78, 5) is 29.2. The number of rotatable bonds is 8. The lowest BCUT2D eigenvalue weighted by molar-refractivity contribution is 0.103. The maximum Gasteiger partial charge on any atom is 0.212 e. The summed E-state index contributed by atoms with van der Waals surface area (Å²) >= 11 is 0. The van der Waals surface area contributed by atoms with Gasteiger partial charge in [-0.3, -0.25) is 14.6 Å². The molecule has 0 bridgehead atoms. The number of hydrogen-bond donors (Lipinski definition) is 0. The van der Waals surface area contributed by atoms with Crippen molar-refractivity contribution in [3.63, 3.8) is 0 Å². The van der Waals surface area contributed by atoms with Gasteiger partial charge >= 0.3 is 0 Å². The second-order valence-corrected chi connectivity index (χ2v) is 7.06. The largest absolute Gasteiger partial charge is 0.497 e. The number of pyridine rings is 1. The number of methoxy groups -OCH3 is 2. The molecule has 3 aromatic carbocycles. The minimum absolute atomic E-state index is 0.215. The highest BCUT2D eigenvalue weighted by molar-refractivity contribution is 6.17. The van der Waals surface area contributed by atoms with E-state index in [1.165, 1.54) is 20.4 Å². The summed E-state index contributed by atoms with van der Waals surface area (Å²) in [7, 11) is 3.06. The van der Waals surface area contributed by atoms with Gasteiger partial charge in [0.25, 0.3) is 0 Å². The van der Waals surface area contributed by atoms with Crippen LogP contribution < -0.4 is 14.2 Å². The van der Waals surface area contributed by atoms with E-state index in [2.05, 4.69) is 4.98 Å². The van der Waals surface area contributed by atoms with E-state index in [0.717, 1.165) is 5.56 Å². The first kappa shape index (κ1) is 21.1. The molecule has 0 radical (unpaired) electrons. The lowest BCUT2D eigenvalue weighted by atomic mass is 9.99. The molecule has 0 unspecified atom stereocenters. The molecule has 0 saturated carbocycles. The van der Waals surface area contributed by atoms with Gasteiger partial charge in [-0.25, -0.2) is 0 Å². The van der Waals surface area contributed by atoms with Crippen LogP contribution in [0.3, 0.4) is 0 Å². The average molecular weight is 427 g/mol. The summed E-state index contributed by atoms with van der Waals surface area (Å²) in [6, 6.07) is 20.0. The Kier molecular flexibility index (Phi) is 6.12. The minimum atomic E-state index is -0.286. The molecule has 160 valence electrons. The number of ether oxygens (including phenoxy) is 3. The minimum Gasteiger partial charge on any atom is -0.497 e. The normalized spacial score (nSPS) is 10.6. The van der Waals surface area contributed by atoms with Crippen molar-refractivity contribution in [2.75, 3.05) is 14.2 Å². The van der Waals surface area contributed by atoms with Crippen LogP contribution in [0.25, 0.3) is 10.8 Å². The van der Waals surface area contributed by atoms with Crippen LogP contribution in [-0.4, -0.2) is 31.3 Å². The third kappa shape index (κ3) is 4.16. The van der Waals surface area contributed by atoms with Crippen LogP contribution >= 0.6 is 0 Å². The lowest BCUT2D eigenvalue weighted by Crippen LogP contribution is -2.07. The van der Waals surface area contributed by atoms with Crippen molar-refractivity contribution in [3.05, 3.63) is 95.3 Å². The second-order valence-electron chi connectivity index (χ2n) is 7.06. The summed E-state index contributed by atoms with van der Waals surface area (Å²) in [6.45, 7) is 0.333. The van der Waals surface area contributed by atoms with Gasteiger partial charge in [0.15, 0.2) is 17.8 Å². The van der Waals surface area contributed by atoms with Crippen LogP contribution in [0, 0.1) is 0 Å². The predicted molar refractivity (Wildman–Crippen MR) is 121 cm³/mol. The Bertz CT molecular complexity index is 1280. The number of carbonyl (C=O) groups is 2. The molecule has 0 saturated heterocycles. The fourth-order valence-corrected chi connectivity index (χ4v) is 3.45. The van der Waals surface area contributed by atoms with Gasteiger partial charge in [-0.15, -0.1) is 0 Å². The molecule has 6 heteroatoms. The number of carbonyl (C=O) groups excluding carboxylic acids is 2. The number of nitrogens with zero attached hydrogens (tertiary/aromatic N) is 1. The predicted octanol–water partition coefficient (Wildman–Crippen LogP) is 4.87. The van der Waals surface area contributed by atoms with Gasteiger partial charge in [0.1, 0.15) is 18.1 Å². The Labute approximate surface area is 185 Å². The number of benzene rings is 3. The Morgan fingerprint density at radius 1 is 0.906 bits per heavy atom. The molecular formula is C26H21NO5. The molecule has 0 aliphatic carbocycles. The van der Waals surface area contributed by atoms with Crippen LogP contribution in [0.1, 0.15) is 32.0 Å². The average Bonchev–Trinajstić information content (AvgIpc) is 2.86. The van der Waals surface area contributed by atoms with E-state index >= 15 is 0 Å². The number of fused-ring (bicyclic) bond motifs is 1. The zero-order chi connectivity index (χ0) is 22.5. The Balaban J connectivity index is 1.80. The SMILES string of the molecule is COc1cccc(C(=O)c2ncc(C=O)c3cc(OCc4ccccc4)c(OC)cc23)c1. The van der Waals surface area contributed by atoms with E-state index in [1.54, 1.807) is 36.4 Å². The van der Waals surface area contributed by atoms with Gasteiger partial charge in [-0.1, -0.05) is 42.5 Å². The standard InChI is InChI=1S/C26H21NO5/c1-30-20-10-6-9-18(11-20)26(29)25-22-13-23(31-2)24(12-21(22)19(15-28)14-27-25)32-16-17-7-4-3-5-8-17/h3-15H,16H2,1-2H3. The molecule has 0 aliphatic rings. The third-order valence-electron chi connectivity index (χ3n) is 5.11. The molecule has 0 atom stereocenters. The number of ketones is 1. The zero-order valence-electron chi connectivity index (χ0n) is 17.7.